The van der Waals surface area contributed by atoms with Crippen LogP contribution in [-0.4, -0.2) is 98.9 Å². The number of thioether (sulfide) groups is 4. The summed E-state index contributed by atoms with van der Waals surface area (Å²) < 4.78 is 26.3. The van der Waals surface area contributed by atoms with Gasteiger partial charge in [-0.25, -0.2) is 0 Å². The summed E-state index contributed by atoms with van der Waals surface area (Å²) in [6.07, 6.45) is 61.0. The Kier molecular flexibility index (Phi) is 68.7. The molecule has 0 aliphatic heterocycles. The van der Waals surface area contributed by atoms with Gasteiger partial charge in [0, 0.05) is 26.4 Å². The van der Waals surface area contributed by atoms with Crippen LogP contribution in [0.4, 0.5) is 0 Å². The Hall–Kier alpha value is 1.24. The third kappa shape index (κ3) is 62.3. The van der Waals surface area contributed by atoms with E-state index in [0.717, 1.165) is 52.1 Å². The molecule has 0 unspecified atom stereocenters. The highest BCUT2D eigenvalue weighted by molar-refractivity contribution is 7.99. The van der Waals surface area contributed by atoms with Crippen LogP contribution in [0, 0.1) is 5.41 Å². The van der Waals surface area contributed by atoms with Gasteiger partial charge in [0.25, 0.3) is 0 Å². The van der Waals surface area contributed by atoms with Crippen LogP contribution in [0.3, 0.4) is 0 Å². The minimum Gasteiger partial charge on any atom is -0.381 e. The highest BCUT2D eigenvalue weighted by Gasteiger charge is 2.32. The first-order valence-electron chi connectivity index (χ1n) is 32.9. The van der Waals surface area contributed by atoms with Crippen LogP contribution in [-0.2, 0) is 18.9 Å². The molecule has 0 aliphatic carbocycles. The quantitative estimate of drug-likeness (QED) is 0.0558. The van der Waals surface area contributed by atoms with Crippen LogP contribution in [0.5, 0.6) is 0 Å². The second kappa shape index (κ2) is 67.5. The topological polar surface area (TPSA) is 36.9 Å². The molecular weight excluding hydrogens is 973 g/mol. The molecule has 0 saturated heterocycles. The molecule has 0 rings (SSSR count). The van der Waals surface area contributed by atoms with Crippen molar-refractivity contribution in [3.63, 3.8) is 0 Å². The van der Waals surface area contributed by atoms with E-state index < -0.39 is 0 Å². The molecule has 0 bridgehead atoms. The monoisotopic (exact) mass is 1100 g/mol. The van der Waals surface area contributed by atoms with Gasteiger partial charge in [0.05, 0.1) is 31.8 Å². The number of hydrogen-bond acceptors (Lipinski definition) is 8. The highest BCUT2D eigenvalue weighted by Crippen LogP contribution is 2.24. The lowest BCUT2D eigenvalue weighted by molar-refractivity contribution is -0.106. The van der Waals surface area contributed by atoms with E-state index in [1.54, 1.807) is 0 Å². The van der Waals surface area contributed by atoms with Gasteiger partial charge in [-0.3, -0.25) is 0 Å². The van der Waals surface area contributed by atoms with E-state index in [9.17, 15) is 0 Å². The summed E-state index contributed by atoms with van der Waals surface area (Å²) in [6.45, 7) is 15.1. The van der Waals surface area contributed by atoms with Gasteiger partial charge in [-0.15, -0.1) is 0 Å². The number of hydrogen-bond donors (Lipinski definition) is 0. The zero-order chi connectivity index (χ0) is 52.6. The Labute approximate surface area is 477 Å². The molecule has 0 heterocycles. The van der Waals surface area contributed by atoms with Crippen molar-refractivity contribution >= 4 is 47.0 Å². The normalized spacial score (nSPS) is 12.0. The molecule has 0 aromatic rings. The molecule has 440 valence electrons. The second-order valence-electron chi connectivity index (χ2n) is 22.3. The van der Waals surface area contributed by atoms with E-state index in [4.69, 9.17) is 18.9 Å². The van der Waals surface area contributed by atoms with E-state index in [1.165, 1.54) is 303 Å². The van der Waals surface area contributed by atoms with Crippen molar-refractivity contribution in [2.45, 2.75) is 310 Å². The summed E-state index contributed by atoms with van der Waals surface area (Å²) >= 11 is 8.51. The van der Waals surface area contributed by atoms with Gasteiger partial charge >= 0.3 is 0 Å². The minimum atomic E-state index is -0.265. The second-order valence-corrected chi connectivity index (χ2v) is 27.2. The maximum absolute atomic E-state index is 6.58. The number of rotatable bonds is 68. The van der Waals surface area contributed by atoms with Crippen LogP contribution in [0.1, 0.15) is 310 Å². The Morgan fingerprint density at radius 3 is 0.521 bits per heavy atom. The molecule has 0 aromatic carbocycles. The molecule has 4 nitrogen and oxygen atoms in total. The minimum absolute atomic E-state index is 0.265. The molecule has 0 radical (unpaired) electrons. The molecule has 0 fully saturated rings. The summed E-state index contributed by atoms with van der Waals surface area (Å²) in [5.41, 5.74) is -0.265. The molecular formula is C65H132O4S4. The van der Waals surface area contributed by atoms with Crippen LogP contribution >= 0.6 is 47.0 Å². The fourth-order valence-corrected chi connectivity index (χ4v) is 13.4. The molecule has 0 aromatic heterocycles. The Morgan fingerprint density at radius 2 is 0.342 bits per heavy atom. The van der Waals surface area contributed by atoms with Crippen LogP contribution in [0.25, 0.3) is 0 Å². The van der Waals surface area contributed by atoms with Gasteiger partial charge in [0.1, 0.15) is 0 Å². The molecule has 0 atom stereocenters. The predicted molar refractivity (Wildman–Crippen MR) is 341 cm³/mol. The van der Waals surface area contributed by atoms with Crippen molar-refractivity contribution in [3.05, 3.63) is 0 Å². The van der Waals surface area contributed by atoms with Crippen LogP contribution in [0.2, 0.25) is 0 Å². The third-order valence-electron chi connectivity index (χ3n) is 14.5. The summed E-state index contributed by atoms with van der Waals surface area (Å²) in [5.74, 6) is 9.95. The van der Waals surface area contributed by atoms with Gasteiger partial charge in [-0.2, -0.15) is 47.0 Å². The van der Waals surface area contributed by atoms with Crippen molar-refractivity contribution in [1.29, 1.82) is 0 Å². The molecule has 0 N–H and O–H groups in total. The lowest BCUT2D eigenvalue weighted by atomic mass is 9.92. The van der Waals surface area contributed by atoms with Crippen molar-refractivity contribution < 1.29 is 18.9 Å². The lowest BCUT2D eigenvalue weighted by Gasteiger charge is -2.33. The predicted octanol–water partition coefficient (Wildman–Crippen LogP) is 22.2. The Morgan fingerprint density at radius 1 is 0.192 bits per heavy atom. The summed E-state index contributed by atoms with van der Waals surface area (Å²) in [5, 5.41) is 0. The summed E-state index contributed by atoms with van der Waals surface area (Å²) in [7, 11) is 0. The number of unbranched alkanes of at least 4 members (excludes halogenated alkanes) is 36. The average Bonchev–Trinajstić information content (AvgIpc) is 3.40. The first-order chi connectivity index (χ1) is 36.2. The number of ether oxygens (including phenoxy) is 4. The zero-order valence-electron chi connectivity index (χ0n) is 50.2. The van der Waals surface area contributed by atoms with Gasteiger partial charge in [-0.05, 0) is 97.4 Å². The third-order valence-corrected chi connectivity index (χ3v) is 19.1. The van der Waals surface area contributed by atoms with E-state index in [0.29, 0.717) is 26.4 Å². The van der Waals surface area contributed by atoms with E-state index >= 15 is 0 Å². The van der Waals surface area contributed by atoms with Gasteiger partial charge in [0.15, 0.2) is 0 Å². The molecule has 0 saturated carbocycles. The molecule has 0 amide bonds. The van der Waals surface area contributed by atoms with E-state index in [-0.39, 0.29) is 5.41 Å². The van der Waals surface area contributed by atoms with Gasteiger partial charge in [-0.1, -0.05) is 259 Å². The summed E-state index contributed by atoms with van der Waals surface area (Å²) in [6, 6.07) is 0. The molecule has 0 spiro atoms. The average molecular weight is 1110 g/mol. The molecule has 73 heavy (non-hydrogen) atoms. The lowest BCUT2D eigenvalue weighted by Crippen LogP contribution is -2.42. The van der Waals surface area contributed by atoms with E-state index in [2.05, 4.69) is 74.7 Å². The summed E-state index contributed by atoms with van der Waals surface area (Å²) in [4.78, 5) is 0. The van der Waals surface area contributed by atoms with Gasteiger partial charge < -0.3 is 18.9 Å². The first kappa shape index (κ1) is 74.2. The van der Waals surface area contributed by atoms with Crippen molar-refractivity contribution in [3.8, 4) is 0 Å². The maximum Gasteiger partial charge on any atom is 0.0637 e. The fourth-order valence-electron chi connectivity index (χ4n) is 9.63. The largest absolute Gasteiger partial charge is 0.381 e. The van der Waals surface area contributed by atoms with Crippen molar-refractivity contribution in [2.75, 3.05) is 98.9 Å². The Bertz CT molecular complexity index is 812. The van der Waals surface area contributed by atoms with Gasteiger partial charge in [0.2, 0.25) is 0 Å². The zero-order valence-corrected chi connectivity index (χ0v) is 53.5. The highest BCUT2D eigenvalue weighted by atomic mass is 32.2. The van der Waals surface area contributed by atoms with Crippen molar-refractivity contribution in [1.82, 2.24) is 0 Å². The smallest absolute Gasteiger partial charge is 0.0637 e. The fraction of sp³-hybridized carbons (Fsp3) is 1.00. The standard InChI is InChI=1S/C65H132O4S4/c1-5-9-13-17-21-25-29-33-37-41-53-70-57-45-49-66-61-65(62-67-50-46-58-71-54-42-38-34-30-26-22-18-14-10-6-2,63-68-51-47-59-72-55-43-39-35-31-27-23-19-15-11-7-3)64-69-52-48-60-73-56-44-40-36-32-28-24-20-16-12-8-4/h5-64H2,1-4H3. The van der Waals surface area contributed by atoms with Crippen LogP contribution < -0.4 is 0 Å². The van der Waals surface area contributed by atoms with E-state index in [1.807, 2.05) is 0 Å². The van der Waals surface area contributed by atoms with Crippen molar-refractivity contribution in [2.24, 2.45) is 5.41 Å². The Balaban J connectivity index is 4.96. The maximum atomic E-state index is 6.58. The SMILES string of the molecule is CCCCCCCCCCCCSCCCOCC(COCCCSCCCCCCCCCCCC)(COCCCSCCCCCCCCCCCC)COCCCSCCCCCCCCCCCC. The first-order valence-corrected chi connectivity index (χ1v) is 37.5. The van der Waals surface area contributed by atoms with Crippen LogP contribution in [0.15, 0.2) is 0 Å². The molecule has 8 heteroatoms. The molecule has 0 aliphatic rings.